The minimum atomic E-state index is 0.585. The zero-order valence-corrected chi connectivity index (χ0v) is 17.2. The van der Waals surface area contributed by atoms with Crippen molar-refractivity contribution in [1.82, 2.24) is 9.88 Å². The summed E-state index contributed by atoms with van der Waals surface area (Å²) < 4.78 is 0. The van der Waals surface area contributed by atoms with Gasteiger partial charge in [0, 0.05) is 24.7 Å². The molecular weight excluding hydrogens is 328 g/mol. The van der Waals surface area contributed by atoms with E-state index in [9.17, 15) is 0 Å². The summed E-state index contributed by atoms with van der Waals surface area (Å²) in [6.07, 6.45) is 10.1. The molecule has 1 saturated heterocycles. The zero-order valence-electron chi connectivity index (χ0n) is 17.2. The van der Waals surface area contributed by atoms with Gasteiger partial charge in [-0.25, -0.2) is 0 Å². The van der Waals surface area contributed by atoms with Crippen LogP contribution in [0, 0.1) is 17.8 Å². The van der Waals surface area contributed by atoms with Crippen LogP contribution < -0.4 is 0 Å². The van der Waals surface area contributed by atoms with E-state index in [0.717, 1.165) is 30.9 Å². The number of rotatable bonds is 7. The van der Waals surface area contributed by atoms with E-state index in [-0.39, 0.29) is 0 Å². The smallest absolute Gasteiger partial charge is 0.0704 e. The van der Waals surface area contributed by atoms with Crippen LogP contribution in [-0.4, -0.2) is 29.5 Å². The molecular formula is C25H34N2. The Morgan fingerprint density at radius 1 is 1.33 bits per heavy atom. The number of hydrogen-bond acceptors (Lipinski definition) is 2. The SMILES string of the molecule is C=CC1CN(C/C(C)=C/C)CCC1C(CC)Cc1ccnc2ccccc12. The minimum Gasteiger partial charge on any atom is -0.299 e. The highest BCUT2D eigenvalue weighted by molar-refractivity contribution is 5.81. The van der Waals surface area contributed by atoms with Crippen molar-refractivity contribution in [3.63, 3.8) is 0 Å². The quantitative estimate of drug-likeness (QED) is 0.571. The normalized spacial score (nSPS) is 22.7. The molecule has 1 aliphatic rings. The topological polar surface area (TPSA) is 16.1 Å². The average molecular weight is 363 g/mol. The number of likely N-dealkylation sites (tertiary alicyclic amines) is 1. The van der Waals surface area contributed by atoms with Crippen LogP contribution in [0.5, 0.6) is 0 Å². The first kappa shape index (κ1) is 19.8. The second kappa shape index (κ2) is 9.32. The monoisotopic (exact) mass is 362 g/mol. The van der Waals surface area contributed by atoms with E-state index in [1.54, 1.807) is 0 Å². The molecule has 0 N–H and O–H groups in total. The lowest BCUT2D eigenvalue weighted by atomic mass is 9.73. The van der Waals surface area contributed by atoms with Crippen LogP contribution in [0.4, 0.5) is 0 Å². The van der Waals surface area contributed by atoms with Gasteiger partial charge in [0.2, 0.25) is 0 Å². The second-order valence-electron chi connectivity index (χ2n) is 8.08. The van der Waals surface area contributed by atoms with Crippen LogP contribution in [-0.2, 0) is 6.42 Å². The maximum absolute atomic E-state index is 4.54. The molecule has 3 rings (SSSR count). The van der Waals surface area contributed by atoms with E-state index in [2.05, 4.69) is 79.7 Å². The van der Waals surface area contributed by atoms with Crippen molar-refractivity contribution in [2.24, 2.45) is 17.8 Å². The lowest BCUT2D eigenvalue weighted by molar-refractivity contribution is 0.111. The standard InChI is InChI=1S/C25H34N2/c1-5-19(4)17-27-15-13-23(21(7-3)18-27)20(6-2)16-22-12-14-26-25-11-9-8-10-24(22)25/h5,7-12,14,20-21,23H,3,6,13,15-18H2,1-2,4H3/b19-5+. The summed E-state index contributed by atoms with van der Waals surface area (Å²) in [4.78, 5) is 7.14. The number of hydrogen-bond donors (Lipinski definition) is 0. The highest BCUT2D eigenvalue weighted by Crippen LogP contribution is 2.36. The van der Waals surface area contributed by atoms with Crippen molar-refractivity contribution in [2.75, 3.05) is 19.6 Å². The fraction of sp³-hybridized carbons (Fsp3) is 0.480. The summed E-state index contributed by atoms with van der Waals surface area (Å²) in [5.41, 5.74) is 4.02. The van der Waals surface area contributed by atoms with E-state index in [4.69, 9.17) is 0 Å². The fourth-order valence-corrected chi connectivity index (χ4v) is 4.71. The van der Waals surface area contributed by atoms with Crippen LogP contribution >= 0.6 is 0 Å². The van der Waals surface area contributed by atoms with Crippen molar-refractivity contribution < 1.29 is 0 Å². The molecule has 0 aliphatic carbocycles. The minimum absolute atomic E-state index is 0.585. The molecule has 0 radical (unpaired) electrons. The summed E-state index contributed by atoms with van der Waals surface area (Å²) in [7, 11) is 0. The summed E-state index contributed by atoms with van der Waals surface area (Å²) in [5.74, 6) is 2.01. The Hall–Kier alpha value is -1.93. The summed E-state index contributed by atoms with van der Waals surface area (Å²) >= 11 is 0. The van der Waals surface area contributed by atoms with Gasteiger partial charge in [0.05, 0.1) is 5.52 Å². The third-order valence-electron chi connectivity index (χ3n) is 6.42. The van der Waals surface area contributed by atoms with Gasteiger partial charge in [-0.1, -0.05) is 49.3 Å². The predicted molar refractivity (Wildman–Crippen MR) is 117 cm³/mol. The molecule has 1 aromatic carbocycles. The van der Waals surface area contributed by atoms with Crippen LogP contribution in [0.3, 0.4) is 0 Å². The molecule has 3 unspecified atom stereocenters. The molecule has 2 aromatic rings. The van der Waals surface area contributed by atoms with Gasteiger partial charge in [0.25, 0.3) is 0 Å². The van der Waals surface area contributed by atoms with Crippen molar-refractivity contribution in [3.8, 4) is 0 Å². The number of piperidine rings is 1. The Balaban J connectivity index is 1.76. The number of allylic oxidation sites excluding steroid dienone is 1. The van der Waals surface area contributed by atoms with Crippen molar-refractivity contribution >= 4 is 10.9 Å². The number of pyridine rings is 1. The Labute approximate surface area is 165 Å². The van der Waals surface area contributed by atoms with Gasteiger partial charge in [-0.05, 0) is 68.7 Å². The summed E-state index contributed by atoms with van der Waals surface area (Å²) in [5, 5.41) is 1.31. The first-order chi connectivity index (χ1) is 13.2. The molecule has 2 nitrogen and oxygen atoms in total. The average Bonchev–Trinajstić information content (AvgIpc) is 2.72. The molecule has 1 fully saturated rings. The van der Waals surface area contributed by atoms with Gasteiger partial charge in [-0.3, -0.25) is 9.88 Å². The lowest BCUT2D eigenvalue weighted by Gasteiger charge is -2.41. The number of nitrogens with zero attached hydrogens (tertiary/aromatic N) is 2. The number of para-hydroxylation sites is 1. The molecule has 0 bridgehead atoms. The summed E-state index contributed by atoms with van der Waals surface area (Å²) in [6.45, 7) is 14.4. The van der Waals surface area contributed by atoms with E-state index < -0.39 is 0 Å². The first-order valence-electron chi connectivity index (χ1n) is 10.5. The molecule has 0 spiro atoms. The Bertz CT molecular complexity index is 787. The number of benzene rings is 1. The highest BCUT2D eigenvalue weighted by Gasteiger charge is 2.32. The van der Waals surface area contributed by atoms with Gasteiger partial charge >= 0.3 is 0 Å². The Kier molecular flexibility index (Phi) is 6.84. The third-order valence-corrected chi connectivity index (χ3v) is 6.42. The van der Waals surface area contributed by atoms with Gasteiger partial charge in [-0.15, -0.1) is 6.58 Å². The maximum atomic E-state index is 4.54. The van der Waals surface area contributed by atoms with Crippen LogP contribution in [0.25, 0.3) is 10.9 Å². The van der Waals surface area contributed by atoms with E-state index in [1.807, 2.05) is 6.20 Å². The van der Waals surface area contributed by atoms with Gasteiger partial charge in [0.1, 0.15) is 0 Å². The predicted octanol–water partition coefficient (Wildman–Crippen LogP) is 5.89. The van der Waals surface area contributed by atoms with Crippen LogP contribution in [0.2, 0.25) is 0 Å². The van der Waals surface area contributed by atoms with Crippen molar-refractivity contribution in [2.45, 2.75) is 40.0 Å². The number of fused-ring (bicyclic) bond motifs is 1. The molecule has 144 valence electrons. The summed E-state index contributed by atoms with van der Waals surface area (Å²) in [6, 6.07) is 10.8. The van der Waals surface area contributed by atoms with Gasteiger partial charge in [-0.2, -0.15) is 0 Å². The van der Waals surface area contributed by atoms with Gasteiger partial charge < -0.3 is 0 Å². The first-order valence-corrected chi connectivity index (χ1v) is 10.5. The van der Waals surface area contributed by atoms with E-state index in [1.165, 1.54) is 35.9 Å². The van der Waals surface area contributed by atoms with E-state index >= 15 is 0 Å². The molecule has 3 atom stereocenters. The van der Waals surface area contributed by atoms with Crippen molar-refractivity contribution in [3.05, 3.63) is 66.4 Å². The lowest BCUT2D eigenvalue weighted by Crippen LogP contribution is -2.43. The van der Waals surface area contributed by atoms with Crippen molar-refractivity contribution in [1.29, 1.82) is 0 Å². The van der Waals surface area contributed by atoms with E-state index in [0.29, 0.717) is 11.8 Å². The van der Waals surface area contributed by atoms with Gasteiger partial charge in [0.15, 0.2) is 0 Å². The van der Waals surface area contributed by atoms with Crippen LogP contribution in [0.1, 0.15) is 39.2 Å². The molecule has 2 heterocycles. The third kappa shape index (κ3) is 4.68. The molecule has 0 saturated carbocycles. The molecule has 27 heavy (non-hydrogen) atoms. The fourth-order valence-electron chi connectivity index (χ4n) is 4.71. The number of aromatic nitrogens is 1. The zero-order chi connectivity index (χ0) is 19.2. The molecule has 2 heteroatoms. The Morgan fingerprint density at radius 3 is 2.89 bits per heavy atom. The highest BCUT2D eigenvalue weighted by atomic mass is 15.1. The second-order valence-corrected chi connectivity index (χ2v) is 8.08. The maximum Gasteiger partial charge on any atom is 0.0704 e. The molecule has 1 aromatic heterocycles. The molecule has 1 aliphatic heterocycles. The van der Waals surface area contributed by atoms with Crippen LogP contribution in [0.15, 0.2) is 60.8 Å². The largest absolute Gasteiger partial charge is 0.299 e. The Morgan fingerprint density at radius 2 is 2.15 bits per heavy atom. The molecule has 0 amide bonds.